The highest BCUT2D eigenvalue weighted by Crippen LogP contribution is 2.18. The van der Waals surface area contributed by atoms with E-state index in [1.807, 2.05) is 0 Å². The molecule has 3 nitrogen and oxygen atoms in total. The van der Waals surface area contributed by atoms with Gasteiger partial charge >= 0.3 is 0 Å². The topological polar surface area (TPSA) is 35.5 Å². The molecular weight excluding hydrogens is 188 g/mol. The van der Waals surface area contributed by atoms with Gasteiger partial charge in [0.2, 0.25) is 0 Å². The van der Waals surface area contributed by atoms with Crippen molar-refractivity contribution < 1.29 is 5.11 Å². The number of aliphatic hydroxyl groups is 1. The second-order valence-corrected chi connectivity index (χ2v) is 4.46. The summed E-state index contributed by atoms with van der Waals surface area (Å²) >= 11 is 0. The van der Waals surface area contributed by atoms with Crippen molar-refractivity contribution >= 4 is 0 Å². The van der Waals surface area contributed by atoms with Crippen LogP contribution >= 0.6 is 0 Å². The molecule has 0 aliphatic heterocycles. The first kappa shape index (κ1) is 12.9. The highest BCUT2D eigenvalue weighted by Gasteiger charge is 2.21. The first-order valence-corrected chi connectivity index (χ1v) is 6.40. The van der Waals surface area contributed by atoms with E-state index < -0.39 is 0 Å². The number of nitrogens with zero attached hydrogens (tertiary/aromatic N) is 1. The van der Waals surface area contributed by atoms with Crippen molar-refractivity contribution in [3.05, 3.63) is 0 Å². The Hall–Kier alpha value is -0.120. The molecule has 90 valence electrons. The van der Waals surface area contributed by atoms with Crippen LogP contribution in [0.4, 0.5) is 0 Å². The van der Waals surface area contributed by atoms with Gasteiger partial charge in [-0.3, -0.25) is 4.90 Å². The highest BCUT2D eigenvalue weighted by atomic mass is 16.3. The normalized spacial score (nSPS) is 16.6. The fourth-order valence-electron chi connectivity index (χ4n) is 2.11. The van der Waals surface area contributed by atoms with Crippen molar-refractivity contribution in [3.8, 4) is 0 Å². The summed E-state index contributed by atoms with van der Waals surface area (Å²) in [6, 6.07) is 1.43. The van der Waals surface area contributed by atoms with Crippen molar-refractivity contribution in [1.82, 2.24) is 10.2 Å². The number of hydrogen-bond donors (Lipinski definition) is 2. The summed E-state index contributed by atoms with van der Waals surface area (Å²) in [5.74, 6) is 0. The van der Waals surface area contributed by atoms with E-state index >= 15 is 0 Å². The van der Waals surface area contributed by atoms with E-state index in [0.29, 0.717) is 6.04 Å². The lowest BCUT2D eigenvalue weighted by Crippen LogP contribution is -2.41. The van der Waals surface area contributed by atoms with Crippen molar-refractivity contribution in [2.24, 2.45) is 0 Å². The highest BCUT2D eigenvalue weighted by molar-refractivity contribution is 4.81. The largest absolute Gasteiger partial charge is 0.395 e. The van der Waals surface area contributed by atoms with Gasteiger partial charge < -0.3 is 10.4 Å². The molecule has 0 atom stereocenters. The number of hydrogen-bond acceptors (Lipinski definition) is 3. The van der Waals surface area contributed by atoms with Crippen LogP contribution in [0.2, 0.25) is 0 Å². The lowest BCUT2D eigenvalue weighted by Gasteiger charge is -2.29. The SMILES string of the molecule is CCC(CC)N(CCO)CCNC1CC1. The Morgan fingerprint density at radius 2 is 1.93 bits per heavy atom. The third-order valence-electron chi connectivity index (χ3n) is 3.26. The van der Waals surface area contributed by atoms with Gasteiger partial charge in [0.05, 0.1) is 6.61 Å². The molecule has 0 amide bonds. The minimum absolute atomic E-state index is 0.278. The molecule has 0 aromatic rings. The van der Waals surface area contributed by atoms with E-state index in [-0.39, 0.29) is 6.61 Å². The molecule has 0 radical (unpaired) electrons. The molecule has 0 bridgehead atoms. The van der Waals surface area contributed by atoms with E-state index in [1.54, 1.807) is 0 Å². The van der Waals surface area contributed by atoms with Crippen molar-refractivity contribution in [1.29, 1.82) is 0 Å². The number of rotatable bonds is 9. The summed E-state index contributed by atoms with van der Waals surface area (Å²) in [7, 11) is 0. The quantitative estimate of drug-likeness (QED) is 0.606. The Bertz CT molecular complexity index is 156. The second-order valence-electron chi connectivity index (χ2n) is 4.46. The lowest BCUT2D eigenvalue weighted by atomic mass is 10.1. The lowest BCUT2D eigenvalue weighted by molar-refractivity contribution is 0.144. The molecule has 1 aliphatic rings. The first-order chi connectivity index (χ1) is 7.31. The second kappa shape index (κ2) is 7.20. The molecule has 0 aromatic carbocycles. The maximum absolute atomic E-state index is 9.04. The van der Waals surface area contributed by atoms with Crippen LogP contribution < -0.4 is 5.32 Å². The van der Waals surface area contributed by atoms with Crippen molar-refractivity contribution in [3.63, 3.8) is 0 Å². The average molecular weight is 214 g/mol. The molecule has 0 aromatic heterocycles. The third-order valence-corrected chi connectivity index (χ3v) is 3.26. The van der Waals surface area contributed by atoms with Gasteiger partial charge in [-0.15, -0.1) is 0 Å². The number of aliphatic hydroxyl groups excluding tert-OH is 1. The summed E-state index contributed by atoms with van der Waals surface area (Å²) in [5, 5.41) is 12.6. The van der Waals surface area contributed by atoms with E-state index in [1.165, 1.54) is 25.7 Å². The van der Waals surface area contributed by atoms with Gasteiger partial charge in [-0.1, -0.05) is 13.8 Å². The first-order valence-electron chi connectivity index (χ1n) is 6.40. The van der Waals surface area contributed by atoms with E-state index in [9.17, 15) is 0 Å². The molecule has 0 spiro atoms. The van der Waals surface area contributed by atoms with E-state index in [2.05, 4.69) is 24.1 Å². The molecule has 1 fully saturated rings. The molecule has 3 heteroatoms. The Kier molecular flexibility index (Phi) is 6.22. The maximum atomic E-state index is 9.04. The van der Waals surface area contributed by atoms with E-state index in [0.717, 1.165) is 25.7 Å². The van der Waals surface area contributed by atoms with E-state index in [4.69, 9.17) is 5.11 Å². The molecule has 2 N–H and O–H groups in total. The predicted octanol–water partition coefficient (Wildman–Crippen LogP) is 1.22. The zero-order chi connectivity index (χ0) is 11.1. The van der Waals surface area contributed by atoms with Crippen LogP contribution in [0.3, 0.4) is 0 Å². The monoisotopic (exact) mass is 214 g/mol. The molecule has 0 unspecified atom stereocenters. The standard InChI is InChI=1S/C12H26N2O/c1-3-12(4-2)14(9-10-15)8-7-13-11-5-6-11/h11-13,15H,3-10H2,1-2H3. The van der Waals surface area contributed by atoms with Gasteiger partial charge in [0.15, 0.2) is 0 Å². The van der Waals surface area contributed by atoms with Gasteiger partial charge in [0.25, 0.3) is 0 Å². The molecule has 0 saturated heterocycles. The number of nitrogens with one attached hydrogen (secondary N) is 1. The molecular formula is C12H26N2O. The minimum Gasteiger partial charge on any atom is -0.395 e. The zero-order valence-electron chi connectivity index (χ0n) is 10.2. The van der Waals surface area contributed by atoms with Crippen LogP contribution in [-0.2, 0) is 0 Å². The fourth-order valence-corrected chi connectivity index (χ4v) is 2.11. The Labute approximate surface area is 93.9 Å². The van der Waals surface area contributed by atoms with Gasteiger partial charge in [0, 0.05) is 31.7 Å². The van der Waals surface area contributed by atoms with Crippen LogP contribution in [0.25, 0.3) is 0 Å². The van der Waals surface area contributed by atoms with Gasteiger partial charge in [-0.05, 0) is 25.7 Å². The molecule has 1 rings (SSSR count). The van der Waals surface area contributed by atoms with Gasteiger partial charge in [-0.25, -0.2) is 0 Å². The smallest absolute Gasteiger partial charge is 0.0558 e. The molecule has 1 aliphatic carbocycles. The van der Waals surface area contributed by atoms with Crippen molar-refractivity contribution in [2.75, 3.05) is 26.2 Å². The Balaban J connectivity index is 2.20. The van der Waals surface area contributed by atoms with Crippen LogP contribution in [0, 0.1) is 0 Å². The summed E-state index contributed by atoms with van der Waals surface area (Å²) in [6.45, 7) is 7.70. The van der Waals surface area contributed by atoms with Crippen LogP contribution in [0.1, 0.15) is 39.5 Å². The summed E-state index contributed by atoms with van der Waals surface area (Å²) in [4.78, 5) is 2.41. The summed E-state index contributed by atoms with van der Waals surface area (Å²) in [6.07, 6.45) is 5.07. The maximum Gasteiger partial charge on any atom is 0.0558 e. The zero-order valence-corrected chi connectivity index (χ0v) is 10.2. The van der Waals surface area contributed by atoms with Crippen LogP contribution in [0.5, 0.6) is 0 Å². The Morgan fingerprint density at radius 3 is 2.40 bits per heavy atom. The Morgan fingerprint density at radius 1 is 1.27 bits per heavy atom. The van der Waals surface area contributed by atoms with Crippen molar-refractivity contribution in [2.45, 2.75) is 51.6 Å². The fraction of sp³-hybridized carbons (Fsp3) is 1.00. The van der Waals surface area contributed by atoms with Crippen LogP contribution in [0.15, 0.2) is 0 Å². The molecule has 1 saturated carbocycles. The van der Waals surface area contributed by atoms with Gasteiger partial charge in [0.1, 0.15) is 0 Å². The molecule has 0 heterocycles. The summed E-state index contributed by atoms with van der Waals surface area (Å²) in [5.41, 5.74) is 0. The van der Waals surface area contributed by atoms with Gasteiger partial charge in [-0.2, -0.15) is 0 Å². The van der Waals surface area contributed by atoms with Crippen LogP contribution in [-0.4, -0.2) is 48.3 Å². The third kappa shape index (κ3) is 4.96. The summed E-state index contributed by atoms with van der Waals surface area (Å²) < 4.78 is 0. The average Bonchev–Trinajstić information content (AvgIpc) is 3.03. The molecule has 15 heavy (non-hydrogen) atoms. The minimum atomic E-state index is 0.278. The predicted molar refractivity (Wildman–Crippen MR) is 64.1 cm³/mol.